The lowest BCUT2D eigenvalue weighted by Crippen LogP contribution is -2.23. The van der Waals surface area contributed by atoms with E-state index in [-0.39, 0.29) is 19.8 Å². The topological polar surface area (TPSA) is 81.8 Å². The van der Waals surface area contributed by atoms with Crippen LogP contribution in [0.15, 0.2) is 84.1 Å². The van der Waals surface area contributed by atoms with E-state index in [0.717, 1.165) is 28.0 Å². The van der Waals surface area contributed by atoms with Crippen LogP contribution in [0.25, 0.3) is 11.1 Å². The molecule has 8 heteroatoms. The number of hydrogen-bond donors (Lipinski definition) is 1. The maximum Gasteiger partial charge on any atom is 0.162 e. The Morgan fingerprint density at radius 2 is 1.55 bits per heavy atom. The van der Waals surface area contributed by atoms with Gasteiger partial charge in [-0.05, 0) is 35.4 Å². The van der Waals surface area contributed by atoms with Crippen molar-refractivity contribution in [2.75, 3.05) is 6.61 Å². The van der Waals surface area contributed by atoms with Gasteiger partial charge >= 0.3 is 0 Å². The summed E-state index contributed by atoms with van der Waals surface area (Å²) in [6.45, 7) is 0.543. The second-order valence-corrected chi connectivity index (χ2v) is 8.09. The van der Waals surface area contributed by atoms with Crippen LogP contribution in [0.5, 0.6) is 5.75 Å². The minimum absolute atomic E-state index is 0.125. The van der Waals surface area contributed by atoms with E-state index < -0.39 is 6.10 Å². The van der Waals surface area contributed by atoms with Gasteiger partial charge in [-0.2, -0.15) is 0 Å². The third-order valence-electron chi connectivity index (χ3n) is 5.26. The summed E-state index contributed by atoms with van der Waals surface area (Å²) in [4.78, 5) is 5.62. The lowest BCUT2D eigenvalue weighted by molar-refractivity contribution is 0.0887. The Hall–Kier alpha value is -3.68. The monoisotopic (exact) mass is 460 g/mol. The van der Waals surface area contributed by atoms with Crippen molar-refractivity contribution in [1.29, 1.82) is 0 Å². The normalized spacial score (nSPS) is 12.7. The highest BCUT2D eigenvalue weighted by Crippen LogP contribution is 2.36. The Labute approximate surface area is 195 Å². The summed E-state index contributed by atoms with van der Waals surface area (Å²) in [5.74, 6) is 0.639. The van der Waals surface area contributed by atoms with Gasteiger partial charge in [0.25, 0.3) is 0 Å². The van der Waals surface area contributed by atoms with Crippen LogP contribution in [0.3, 0.4) is 0 Å². The van der Waals surface area contributed by atoms with Crippen molar-refractivity contribution in [3.63, 3.8) is 0 Å². The average Bonchev–Trinajstić information content (AvgIpc) is 3.41. The molecule has 1 aliphatic carbocycles. The fraction of sp³-hybridized carbons (Fsp3) is 0.160. The molecule has 1 heterocycles. The first-order chi connectivity index (χ1) is 16.2. The Morgan fingerprint density at radius 3 is 2.21 bits per heavy atom. The second-order valence-electron chi connectivity index (χ2n) is 7.66. The van der Waals surface area contributed by atoms with Crippen LogP contribution in [0, 0.1) is 0 Å². The Morgan fingerprint density at radius 1 is 0.909 bits per heavy atom. The fourth-order valence-electron chi connectivity index (χ4n) is 3.74. The first-order valence-electron chi connectivity index (χ1n) is 10.5. The number of ether oxygens (including phenoxy) is 1. The van der Waals surface area contributed by atoms with Crippen molar-refractivity contribution in [3.8, 4) is 16.9 Å². The minimum Gasteiger partial charge on any atom is -0.491 e. The maximum absolute atomic E-state index is 10.2. The number of halogens is 1. The van der Waals surface area contributed by atoms with Crippen LogP contribution in [0.1, 0.15) is 16.8 Å². The molecule has 1 N–H and O–H groups in total. The van der Waals surface area contributed by atoms with Crippen molar-refractivity contribution in [1.82, 2.24) is 15.0 Å². The van der Waals surface area contributed by atoms with Crippen LogP contribution in [0.4, 0.5) is 0 Å². The zero-order valence-electron chi connectivity index (χ0n) is 17.6. The first-order valence-corrected chi connectivity index (χ1v) is 10.9. The van der Waals surface area contributed by atoms with Crippen molar-refractivity contribution < 1.29 is 14.7 Å². The van der Waals surface area contributed by atoms with Crippen molar-refractivity contribution in [2.45, 2.75) is 19.3 Å². The van der Waals surface area contributed by atoms with E-state index in [1.807, 2.05) is 36.4 Å². The van der Waals surface area contributed by atoms with E-state index in [4.69, 9.17) is 21.2 Å². The minimum atomic E-state index is -0.747. The largest absolute Gasteiger partial charge is 0.491 e. The predicted octanol–water partition coefficient (Wildman–Crippen LogP) is 4.32. The van der Waals surface area contributed by atoms with E-state index in [2.05, 4.69) is 27.6 Å². The summed E-state index contributed by atoms with van der Waals surface area (Å²) >= 11 is 5.86. The van der Waals surface area contributed by atoms with Crippen LogP contribution >= 0.6 is 11.6 Å². The highest BCUT2D eigenvalue weighted by atomic mass is 35.5. The molecule has 0 radical (unpaired) electrons. The summed E-state index contributed by atoms with van der Waals surface area (Å²) in [5.41, 5.74) is 5.82. The molecule has 3 aromatic carbocycles. The third-order valence-corrected chi connectivity index (χ3v) is 5.51. The zero-order valence-corrected chi connectivity index (χ0v) is 18.4. The molecular weight excluding hydrogens is 440 g/mol. The zero-order chi connectivity index (χ0) is 22.6. The van der Waals surface area contributed by atoms with Gasteiger partial charge in [-0.3, -0.25) is 0 Å². The fourth-order valence-corrected chi connectivity index (χ4v) is 3.87. The smallest absolute Gasteiger partial charge is 0.162 e. The summed E-state index contributed by atoms with van der Waals surface area (Å²) < 4.78 is 7.13. The van der Waals surface area contributed by atoms with Crippen LogP contribution < -0.4 is 4.74 Å². The summed E-state index contributed by atoms with van der Waals surface area (Å²) in [6, 6.07) is 23.3. The molecule has 0 bridgehead atoms. The van der Waals surface area contributed by atoms with E-state index in [9.17, 15) is 5.11 Å². The molecule has 1 unspecified atom stereocenters. The van der Waals surface area contributed by atoms with Crippen molar-refractivity contribution in [2.24, 2.45) is 5.16 Å². The van der Waals surface area contributed by atoms with Gasteiger partial charge in [0.15, 0.2) is 6.61 Å². The van der Waals surface area contributed by atoms with Gasteiger partial charge in [-0.25, -0.2) is 4.68 Å². The Balaban J connectivity index is 1.18. The van der Waals surface area contributed by atoms with Gasteiger partial charge in [0, 0.05) is 16.1 Å². The van der Waals surface area contributed by atoms with Gasteiger partial charge in [-0.15, -0.1) is 5.10 Å². The van der Waals surface area contributed by atoms with Gasteiger partial charge in [0.1, 0.15) is 29.9 Å². The van der Waals surface area contributed by atoms with Gasteiger partial charge < -0.3 is 14.7 Å². The number of nitrogens with zero attached hydrogens (tertiary/aromatic N) is 4. The summed E-state index contributed by atoms with van der Waals surface area (Å²) in [6.07, 6.45) is 0.977. The Kier molecular flexibility index (Phi) is 6.06. The maximum atomic E-state index is 10.2. The summed E-state index contributed by atoms with van der Waals surface area (Å²) in [7, 11) is 0. The van der Waals surface area contributed by atoms with Gasteiger partial charge in [-0.1, -0.05) is 70.5 Å². The molecule has 0 amide bonds. The molecule has 0 saturated heterocycles. The molecule has 166 valence electrons. The van der Waals surface area contributed by atoms with Crippen LogP contribution in [-0.4, -0.2) is 38.5 Å². The summed E-state index contributed by atoms with van der Waals surface area (Å²) in [5, 5.41) is 23.4. The molecule has 1 aliphatic rings. The lowest BCUT2D eigenvalue weighted by Gasteiger charge is -2.12. The number of rotatable bonds is 8. The number of hydrogen-bond acceptors (Lipinski definition) is 6. The standard InChI is InChI=1S/C25H21ClN4O3/c26-17-9-11-20(12-10-17)32-16-19(31)14-30-13-18(27-29-30)15-33-28-25-23-7-3-1-5-21(23)22-6-2-4-8-24(22)25/h1-13,19,31H,14-16H2. The molecule has 0 saturated carbocycles. The average molecular weight is 461 g/mol. The van der Waals surface area contributed by atoms with Crippen LogP contribution in [0.2, 0.25) is 5.02 Å². The Bertz CT molecular complexity index is 1240. The first kappa shape index (κ1) is 21.2. The molecule has 5 rings (SSSR count). The lowest BCUT2D eigenvalue weighted by atomic mass is 10.1. The molecule has 0 aliphatic heterocycles. The van der Waals surface area contributed by atoms with E-state index in [1.54, 1.807) is 35.1 Å². The van der Waals surface area contributed by atoms with Crippen LogP contribution in [-0.2, 0) is 18.0 Å². The highest BCUT2D eigenvalue weighted by molar-refractivity contribution is 6.30. The highest BCUT2D eigenvalue weighted by Gasteiger charge is 2.24. The number of benzene rings is 3. The molecule has 33 heavy (non-hydrogen) atoms. The van der Waals surface area contributed by atoms with Crippen molar-refractivity contribution in [3.05, 3.63) is 101 Å². The number of aromatic nitrogens is 3. The van der Waals surface area contributed by atoms with E-state index >= 15 is 0 Å². The van der Waals surface area contributed by atoms with Gasteiger partial charge in [0.2, 0.25) is 0 Å². The third kappa shape index (κ3) is 4.74. The number of fused-ring (bicyclic) bond motifs is 3. The number of aliphatic hydroxyl groups excluding tert-OH is 1. The van der Waals surface area contributed by atoms with E-state index in [1.165, 1.54) is 0 Å². The molecule has 1 aromatic heterocycles. The molecule has 1 atom stereocenters. The number of aliphatic hydroxyl groups is 1. The molecule has 4 aromatic rings. The van der Waals surface area contributed by atoms with E-state index in [0.29, 0.717) is 16.5 Å². The van der Waals surface area contributed by atoms with Crippen molar-refractivity contribution >= 4 is 17.3 Å². The predicted molar refractivity (Wildman–Crippen MR) is 125 cm³/mol. The molecule has 0 spiro atoms. The molecular formula is C25H21ClN4O3. The SMILES string of the molecule is OC(COc1ccc(Cl)cc1)Cn1cc(CON=C2c3ccccc3-c3ccccc32)nn1. The number of oxime groups is 1. The second kappa shape index (κ2) is 9.44. The molecule has 0 fully saturated rings. The quantitative estimate of drug-likeness (QED) is 0.349. The molecule has 7 nitrogen and oxygen atoms in total. The van der Waals surface area contributed by atoms with Gasteiger partial charge in [0.05, 0.1) is 12.7 Å².